The molecule has 0 unspecified atom stereocenters. The first-order valence-corrected chi connectivity index (χ1v) is 8.34. The standard InChI is InChI=1S/C20H22N2O2/c1-15-8-10-16(11-9-15)14-21-19(23)13-20(24)22-12-4-6-17-5-2-3-7-18(17)22/h2-3,5,7-11H,4,6,12-14H2,1H3,(H,21,23). The summed E-state index contributed by atoms with van der Waals surface area (Å²) < 4.78 is 0. The lowest BCUT2D eigenvalue weighted by Crippen LogP contribution is -2.38. The number of hydrogen-bond donors (Lipinski definition) is 1. The molecule has 4 heteroatoms. The molecule has 3 rings (SSSR count). The third-order valence-electron chi connectivity index (χ3n) is 4.33. The fraction of sp³-hybridized carbons (Fsp3) is 0.300. The lowest BCUT2D eigenvalue weighted by Gasteiger charge is -2.29. The summed E-state index contributed by atoms with van der Waals surface area (Å²) in [6.45, 7) is 3.15. The zero-order valence-electron chi connectivity index (χ0n) is 13.9. The highest BCUT2D eigenvalue weighted by Crippen LogP contribution is 2.27. The molecule has 0 aliphatic carbocycles. The van der Waals surface area contributed by atoms with Crippen LogP contribution < -0.4 is 10.2 Å². The number of carbonyl (C=O) groups is 2. The number of aryl methyl sites for hydroxylation is 2. The van der Waals surface area contributed by atoms with Crippen molar-refractivity contribution in [3.05, 3.63) is 65.2 Å². The van der Waals surface area contributed by atoms with Crippen molar-refractivity contribution in [2.24, 2.45) is 0 Å². The first-order chi connectivity index (χ1) is 11.6. The number of carbonyl (C=O) groups excluding carboxylic acids is 2. The number of hydrogen-bond acceptors (Lipinski definition) is 2. The Balaban J connectivity index is 1.57. The molecule has 0 saturated heterocycles. The number of benzene rings is 2. The molecule has 1 N–H and O–H groups in total. The minimum Gasteiger partial charge on any atom is -0.352 e. The van der Waals surface area contributed by atoms with E-state index in [1.807, 2.05) is 55.5 Å². The van der Waals surface area contributed by atoms with Gasteiger partial charge in [-0.05, 0) is 37.0 Å². The molecule has 2 amide bonds. The molecule has 24 heavy (non-hydrogen) atoms. The van der Waals surface area contributed by atoms with Gasteiger partial charge < -0.3 is 10.2 Å². The molecule has 4 nitrogen and oxygen atoms in total. The van der Waals surface area contributed by atoms with Gasteiger partial charge in [-0.25, -0.2) is 0 Å². The van der Waals surface area contributed by atoms with Gasteiger partial charge in [0.2, 0.25) is 11.8 Å². The fourth-order valence-electron chi connectivity index (χ4n) is 2.99. The Bertz CT molecular complexity index is 738. The number of nitrogens with one attached hydrogen (secondary N) is 1. The SMILES string of the molecule is Cc1ccc(CNC(=O)CC(=O)N2CCCc3ccccc32)cc1. The minimum absolute atomic E-state index is 0.111. The zero-order chi connectivity index (χ0) is 16.9. The third kappa shape index (κ3) is 3.82. The van der Waals surface area contributed by atoms with Gasteiger partial charge in [0.05, 0.1) is 0 Å². The minimum atomic E-state index is -0.233. The molecule has 0 spiro atoms. The van der Waals surface area contributed by atoms with Gasteiger partial charge in [0.1, 0.15) is 6.42 Å². The Hall–Kier alpha value is -2.62. The summed E-state index contributed by atoms with van der Waals surface area (Å²) in [5.74, 6) is -0.368. The molecule has 2 aromatic carbocycles. The van der Waals surface area contributed by atoms with E-state index in [9.17, 15) is 9.59 Å². The normalized spacial score (nSPS) is 13.3. The smallest absolute Gasteiger partial charge is 0.236 e. The summed E-state index contributed by atoms with van der Waals surface area (Å²) in [4.78, 5) is 26.3. The lowest BCUT2D eigenvalue weighted by atomic mass is 10.0. The summed E-state index contributed by atoms with van der Waals surface area (Å²) in [6, 6.07) is 15.9. The maximum Gasteiger partial charge on any atom is 0.236 e. The fourth-order valence-corrected chi connectivity index (χ4v) is 2.99. The van der Waals surface area contributed by atoms with Crippen LogP contribution in [-0.4, -0.2) is 18.4 Å². The molecule has 0 atom stereocenters. The first kappa shape index (κ1) is 16.2. The van der Waals surface area contributed by atoms with Gasteiger partial charge >= 0.3 is 0 Å². The van der Waals surface area contributed by atoms with Crippen molar-refractivity contribution in [1.82, 2.24) is 5.32 Å². The molecular weight excluding hydrogens is 300 g/mol. The van der Waals surface area contributed by atoms with E-state index >= 15 is 0 Å². The number of para-hydroxylation sites is 1. The van der Waals surface area contributed by atoms with Crippen molar-refractivity contribution in [1.29, 1.82) is 0 Å². The molecule has 1 aliphatic rings. The second-order valence-electron chi connectivity index (χ2n) is 6.22. The number of rotatable bonds is 4. The van der Waals surface area contributed by atoms with Crippen LogP contribution in [0.4, 0.5) is 5.69 Å². The molecule has 2 aromatic rings. The van der Waals surface area contributed by atoms with Crippen LogP contribution in [-0.2, 0) is 22.6 Å². The topological polar surface area (TPSA) is 49.4 Å². The van der Waals surface area contributed by atoms with Gasteiger partial charge in [0.15, 0.2) is 0 Å². The largest absolute Gasteiger partial charge is 0.352 e. The van der Waals surface area contributed by atoms with Crippen molar-refractivity contribution >= 4 is 17.5 Å². The molecule has 124 valence electrons. The summed E-state index contributed by atoms with van der Waals surface area (Å²) in [5, 5.41) is 2.83. The Morgan fingerprint density at radius 3 is 2.62 bits per heavy atom. The summed E-state index contributed by atoms with van der Waals surface area (Å²) in [5.41, 5.74) is 4.34. The van der Waals surface area contributed by atoms with Gasteiger partial charge in [0, 0.05) is 18.8 Å². The molecule has 0 saturated carbocycles. The van der Waals surface area contributed by atoms with E-state index in [-0.39, 0.29) is 18.2 Å². The monoisotopic (exact) mass is 322 g/mol. The average Bonchev–Trinajstić information content (AvgIpc) is 2.60. The van der Waals surface area contributed by atoms with Crippen molar-refractivity contribution in [2.45, 2.75) is 32.7 Å². The molecule has 1 heterocycles. The highest BCUT2D eigenvalue weighted by atomic mass is 16.2. The van der Waals surface area contributed by atoms with Crippen LogP contribution in [0, 0.1) is 6.92 Å². The first-order valence-electron chi connectivity index (χ1n) is 8.34. The van der Waals surface area contributed by atoms with E-state index < -0.39 is 0 Å². The van der Waals surface area contributed by atoms with E-state index in [1.54, 1.807) is 4.90 Å². The molecule has 0 fully saturated rings. The lowest BCUT2D eigenvalue weighted by molar-refractivity contribution is -0.128. The van der Waals surface area contributed by atoms with Crippen LogP contribution in [0.2, 0.25) is 0 Å². The Morgan fingerprint density at radius 2 is 1.83 bits per heavy atom. The van der Waals surface area contributed by atoms with Crippen LogP contribution in [0.1, 0.15) is 29.5 Å². The third-order valence-corrected chi connectivity index (χ3v) is 4.33. The Morgan fingerprint density at radius 1 is 1.08 bits per heavy atom. The van der Waals surface area contributed by atoms with E-state index in [0.29, 0.717) is 13.1 Å². The van der Waals surface area contributed by atoms with Crippen LogP contribution >= 0.6 is 0 Å². The summed E-state index contributed by atoms with van der Waals surface area (Å²) >= 11 is 0. The average molecular weight is 322 g/mol. The predicted molar refractivity (Wildman–Crippen MR) is 94.8 cm³/mol. The van der Waals surface area contributed by atoms with Crippen molar-refractivity contribution in [3.8, 4) is 0 Å². The maximum atomic E-state index is 12.5. The van der Waals surface area contributed by atoms with Gasteiger partial charge in [-0.1, -0.05) is 48.0 Å². The molecule has 1 aliphatic heterocycles. The number of nitrogens with zero attached hydrogens (tertiary/aromatic N) is 1. The number of fused-ring (bicyclic) bond motifs is 1. The highest BCUT2D eigenvalue weighted by molar-refractivity contribution is 6.05. The number of amides is 2. The van der Waals surface area contributed by atoms with Crippen LogP contribution in [0.5, 0.6) is 0 Å². The van der Waals surface area contributed by atoms with Crippen LogP contribution in [0.25, 0.3) is 0 Å². The quantitative estimate of drug-likeness (QED) is 0.880. The van der Waals surface area contributed by atoms with Crippen molar-refractivity contribution in [3.63, 3.8) is 0 Å². The van der Waals surface area contributed by atoms with Gasteiger partial charge in [-0.3, -0.25) is 9.59 Å². The molecule has 0 bridgehead atoms. The van der Waals surface area contributed by atoms with Gasteiger partial charge in [0.25, 0.3) is 0 Å². The predicted octanol–water partition coefficient (Wildman–Crippen LogP) is 2.98. The zero-order valence-corrected chi connectivity index (χ0v) is 13.9. The Kier molecular flexibility index (Phi) is 4.94. The summed E-state index contributed by atoms with van der Waals surface area (Å²) in [7, 11) is 0. The summed E-state index contributed by atoms with van der Waals surface area (Å²) in [6.07, 6.45) is 1.81. The molecule has 0 radical (unpaired) electrons. The maximum absolute atomic E-state index is 12.5. The van der Waals surface area contributed by atoms with Gasteiger partial charge in [-0.15, -0.1) is 0 Å². The van der Waals surface area contributed by atoms with E-state index in [2.05, 4.69) is 5.32 Å². The van der Waals surface area contributed by atoms with Crippen molar-refractivity contribution in [2.75, 3.05) is 11.4 Å². The second-order valence-corrected chi connectivity index (χ2v) is 6.22. The highest BCUT2D eigenvalue weighted by Gasteiger charge is 2.23. The van der Waals surface area contributed by atoms with Crippen molar-refractivity contribution < 1.29 is 9.59 Å². The van der Waals surface area contributed by atoms with E-state index in [4.69, 9.17) is 0 Å². The van der Waals surface area contributed by atoms with Crippen LogP contribution in [0.15, 0.2) is 48.5 Å². The van der Waals surface area contributed by atoms with E-state index in [0.717, 1.165) is 24.1 Å². The molecule has 0 aromatic heterocycles. The number of anilines is 1. The van der Waals surface area contributed by atoms with E-state index in [1.165, 1.54) is 11.1 Å². The second kappa shape index (κ2) is 7.30. The van der Waals surface area contributed by atoms with Gasteiger partial charge in [-0.2, -0.15) is 0 Å². The molecular formula is C20H22N2O2. The Labute approximate surface area is 142 Å². The van der Waals surface area contributed by atoms with Crippen LogP contribution in [0.3, 0.4) is 0 Å².